The van der Waals surface area contributed by atoms with E-state index in [0.717, 1.165) is 12.8 Å². The van der Waals surface area contributed by atoms with Crippen molar-refractivity contribution in [2.24, 2.45) is 11.8 Å². The Bertz CT molecular complexity index is 585. The van der Waals surface area contributed by atoms with Crippen molar-refractivity contribution in [2.75, 3.05) is 20.3 Å². The van der Waals surface area contributed by atoms with Crippen molar-refractivity contribution in [3.05, 3.63) is 24.3 Å². The first-order valence-electron chi connectivity index (χ1n) is 8.18. The van der Waals surface area contributed by atoms with E-state index >= 15 is 0 Å². The van der Waals surface area contributed by atoms with Gasteiger partial charge < -0.3 is 9.47 Å². The Morgan fingerprint density at radius 1 is 1.13 bits per heavy atom. The maximum absolute atomic E-state index is 12.6. The van der Waals surface area contributed by atoms with Gasteiger partial charge in [0.2, 0.25) is 10.0 Å². The van der Waals surface area contributed by atoms with Crippen LogP contribution in [0.25, 0.3) is 0 Å². The highest BCUT2D eigenvalue weighted by Gasteiger charge is 2.30. The zero-order chi connectivity index (χ0) is 16.9. The van der Waals surface area contributed by atoms with E-state index in [-0.39, 0.29) is 10.9 Å². The highest BCUT2D eigenvalue weighted by molar-refractivity contribution is 7.89. The second-order valence-corrected chi connectivity index (χ2v) is 8.02. The van der Waals surface area contributed by atoms with Crippen LogP contribution in [0.15, 0.2) is 29.2 Å². The minimum Gasteiger partial charge on any atom is -0.491 e. The summed E-state index contributed by atoms with van der Waals surface area (Å²) in [6.45, 7) is 5.26. The molecule has 0 heterocycles. The van der Waals surface area contributed by atoms with Gasteiger partial charge >= 0.3 is 0 Å². The largest absolute Gasteiger partial charge is 0.491 e. The molecule has 1 fully saturated rings. The first-order valence-corrected chi connectivity index (χ1v) is 9.66. The topological polar surface area (TPSA) is 64.6 Å². The molecule has 3 atom stereocenters. The van der Waals surface area contributed by atoms with Gasteiger partial charge in [0.25, 0.3) is 0 Å². The molecule has 0 spiro atoms. The predicted octanol–water partition coefficient (Wildman–Crippen LogP) is 2.81. The third-order valence-electron chi connectivity index (χ3n) is 4.70. The molecule has 0 aliphatic heterocycles. The van der Waals surface area contributed by atoms with Crippen molar-refractivity contribution in [3.63, 3.8) is 0 Å². The van der Waals surface area contributed by atoms with Crippen LogP contribution >= 0.6 is 0 Å². The Kier molecular flexibility index (Phi) is 6.44. The molecule has 23 heavy (non-hydrogen) atoms. The number of benzene rings is 1. The maximum atomic E-state index is 12.6. The lowest BCUT2D eigenvalue weighted by molar-refractivity contribution is 0.146. The van der Waals surface area contributed by atoms with Crippen LogP contribution in [0.3, 0.4) is 0 Å². The van der Waals surface area contributed by atoms with Gasteiger partial charge in [0.15, 0.2) is 0 Å². The van der Waals surface area contributed by atoms with E-state index < -0.39 is 10.0 Å². The second kappa shape index (κ2) is 8.13. The summed E-state index contributed by atoms with van der Waals surface area (Å²) in [7, 11) is -1.88. The Labute approximate surface area is 139 Å². The molecule has 1 aliphatic carbocycles. The standard InChI is InChI=1S/C17H27NO4S/c1-13-5-4-6-17(14(13)2)18-23(19,20)16-9-7-15(8-10-16)22-12-11-21-3/h7-10,13-14,17-18H,4-6,11-12H2,1-3H3. The fourth-order valence-electron chi connectivity index (χ4n) is 2.97. The third kappa shape index (κ3) is 4.93. The summed E-state index contributed by atoms with van der Waals surface area (Å²) in [5.74, 6) is 1.55. The van der Waals surface area contributed by atoms with Crippen LogP contribution in [0, 0.1) is 11.8 Å². The number of sulfonamides is 1. The van der Waals surface area contributed by atoms with Crippen molar-refractivity contribution in [1.82, 2.24) is 4.72 Å². The SMILES string of the molecule is COCCOc1ccc(S(=O)(=O)NC2CCCC(C)C2C)cc1. The number of nitrogens with one attached hydrogen (secondary N) is 1. The molecule has 2 rings (SSSR count). The van der Waals surface area contributed by atoms with E-state index in [1.807, 2.05) is 0 Å². The molecule has 1 saturated carbocycles. The highest BCUT2D eigenvalue weighted by atomic mass is 32.2. The summed E-state index contributed by atoms with van der Waals surface area (Å²) in [6, 6.07) is 6.54. The quantitative estimate of drug-likeness (QED) is 0.775. The summed E-state index contributed by atoms with van der Waals surface area (Å²) in [4.78, 5) is 0.280. The van der Waals surface area contributed by atoms with Gasteiger partial charge in [0.05, 0.1) is 11.5 Å². The first kappa shape index (κ1) is 18.2. The summed E-state index contributed by atoms with van der Waals surface area (Å²) < 4.78 is 38.3. The summed E-state index contributed by atoms with van der Waals surface area (Å²) >= 11 is 0. The van der Waals surface area contributed by atoms with Crippen molar-refractivity contribution < 1.29 is 17.9 Å². The highest BCUT2D eigenvalue weighted by Crippen LogP contribution is 2.30. The van der Waals surface area contributed by atoms with Crippen molar-refractivity contribution in [3.8, 4) is 5.75 Å². The summed E-state index contributed by atoms with van der Waals surface area (Å²) in [6.07, 6.45) is 3.15. The molecule has 6 heteroatoms. The third-order valence-corrected chi connectivity index (χ3v) is 6.21. The minimum atomic E-state index is -3.49. The van der Waals surface area contributed by atoms with E-state index in [4.69, 9.17) is 9.47 Å². The molecule has 1 N–H and O–H groups in total. The molecule has 0 amide bonds. The average Bonchev–Trinajstić information content (AvgIpc) is 2.52. The Morgan fingerprint density at radius 3 is 2.48 bits per heavy atom. The molecule has 3 unspecified atom stereocenters. The minimum absolute atomic E-state index is 0.0152. The van der Waals surface area contributed by atoms with Gasteiger partial charge in [-0.05, 0) is 42.5 Å². The van der Waals surface area contributed by atoms with Crippen LogP contribution in [-0.2, 0) is 14.8 Å². The zero-order valence-electron chi connectivity index (χ0n) is 14.1. The monoisotopic (exact) mass is 341 g/mol. The van der Waals surface area contributed by atoms with Gasteiger partial charge in [-0.1, -0.05) is 26.7 Å². The van der Waals surface area contributed by atoms with Crippen LogP contribution in [0.1, 0.15) is 33.1 Å². The molecule has 130 valence electrons. The number of hydrogen-bond donors (Lipinski definition) is 1. The molecule has 1 aromatic carbocycles. The van der Waals surface area contributed by atoms with Crippen LogP contribution in [-0.4, -0.2) is 34.8 Å². The van der Waals surface area contributed by atoms with Gasteiger partial charge in [0.1, 0.15) is 12.4 Å². The predicted molar refractivity (Wildman–Crippen MR) is 90.1 cm³/mol. The lowest BCUT2D eigenvalue weighted by Crippen LogP contribution is -2.43. The lowest BCUT2D eigenvalue weighted by atomic mass is 9.78. The molecule has 0 saturated heterocycles. The van der Waals surface area contributed by atoms with Crippen molar-refractivity contribution >= 4 is 10.0 Å². The van der Waals surface area contributed by atoms with Crippen LogP contribution in [0.4, 0.5) is 0 Å². The Balaban J connectivity index is 2.01. The fourth-order valence-corrected chi connectivity index (χ4v) is 4.34. The van der Waals surface area contributed by atoms with Crippen molar-refractivity contribution in [2.45, 2.75) is 44.0 Å². The van der Waals surface area contributed by atoms with E-state index in [1.54, 1.807) is 31.4 Å². The number of hydrogen-bond acceptors (Lipinski definition) is 4. The van der Waals surface area contributed by atoms with E-state index in [0.29, 0.717) is 30.8 Å². The summed E-state index contributed by atoms with van der Waals surface area (Å²) in [5, 5.41) is 0. The maximum Gasteiger partial charge on any atom is 0.240 e. The second-order valence-electron chi connectivity index (χ2n) is 6.31. The molecule has 1 aromatic rings. The van der Waals surface area contributed by atoms with Crippen LogP contribution in [0.2, 0.25) is 0 Å². The smallest absolute Gasteiger partial charge is 0.240 e. The fraction of sp³-hybridized carbons (Fsp3) is 0.647. The molecular formula is C17H27NO4S. The van der Waals surface area contributed by atoms with Gasteiger partial charge in [-0.3, -0.25) is 0 Å². The van der Waals surface area contributed by atoms with Gasteiger partial charge in [0, 0.05) is 13.2 Å². The molecule has 0 radical (unpaired) electrons. The number of methoxy groups -OCH3 is 1. The van der Waals surface area contributed by atoms with Crippen LogP contribution in [0.5, 0.6) is 5.75 Å². The van der Waals surface area contributed by atoms with Crippen molar-refractivity contribution in [1.29, 1.82) is 0 Å². The van der Waals surface area contributed by atoms with Gasteiger partial charge in [-0.25, -0.2) is 13.1 Å². The van der Waals surface area contributed by atoms with E-state index in [2.05, 4.69) is 18.6 Å². The number of rotatable bonds is 7. The van der Waals surface area contributed by atoms with Gasteiger partial charge in [-0.15, -0.1) is 0 Å². The van der Waals surface area contributed by atoms with Gasteiger partial charge in [-0.2, -0.15) is 0 Å². The summed E-state index contributed by atoms with van der Waals surface area (Å²) in [5.41, 5.74) is 0. The lowest BCUT2D eigenvalue weighted by Gasteiger charge is -2.34. The molecule has 5 nitrogen and oxygen atoms in total. The Morgan fingerprint density at radius 2 is 1.83 bits per heavy atom. The first-order chi connectivity index (χ1) is 10.9. The normalized spacial score (nSPS) is 25.3. The zero-order valence-corrected chi connectivity index (χ0v) is 14.9. The van der Waals surface area contributed by atoms with E-state index in [9.17, 15) is 8.42 Å². The average molecular weight is 341 g/mol. The number of ether oxygens (including phenoxy) is 2. The molecule has 0 bridgehead atoms. The molecule has 1 aliphatic rings. The Hall–Kier alpha value is -1.11. The molecule has 0 aromatic heterocycles. The molecular weight excluding hydrogens is 314 g/mol. The van der Waals surface area contributed by atoms with Crippen LogP contribution < -0.4 is 9.46 Å². The van der Waals surface area contributed by atoms with E-state index in [1.165, 1.54) is 6.42 Å².